The van der Waals surface area contributed by atoms with Gasteiger partial charge in [-0.25, -0.2) is 4.79 Å². The number of methoxy groups -OCH3 is 2. The number of furan rings is 1. The number of carbonyl (C=O) groups excluding carboxylic acids is 3. The Morgan fingerprint density at radius 3 is 1.83 bits per heavy atom. The number of nitrogens with one attached hydrogen (secondary N) is 3. The molecule has 1 aliphatic heterocycles. The predicted octanol–water partition coefficient (Wildman–Crippen LogP) is 2.09. The summed E-state index contributed by atoms with van der Waals surface area (Å²) in [5.41, 5.74) is 3.55. The van der Waals surface area contributed by atoms with E-state index in [0.717, 1.165) is 30.2 Å². The molecule has 0 radical (unpaired) electrons. The Bertz CT molecular complexity index is 2360. The Morgan fingerprint density at radius 1 is 0.778 bits per heavy atom. The van der Waals surface area contributed by atoms with Crippen molar-refractivity contribution >= 4 is 59.0 Å². The van der Waals surface area contributed by atoms with Crippen LogP contribution in [-0.2, 0) is 40.6 Å². The van der Waals surface area contributed by atoms with Crippen molar-refractivity contribution in [1.29, 1.82) is 0 Å². The number of aryl methyl sites for hydroxylation is 2. The highest BCUT2D eigenvalue weighted by molar-refractivity contribution is 7.99. The van der Waals surface area contributed by atoms with Crippen LogP contribution in [0.15, 0.2) is 33.8 Å². The van der Waals surface area contributed by atoms with Crippen LogP contribution in [0.5, 0.6) is 23.5 Å². The number of hydrogen-bond acceptors (Lipinski definition) is 18. The average molecular weight is 1030 g/mol. The van der Waals surface area contributed by atoms with Crippen LogP contribution in [0.3, 0.4) is 0 Å². The second kappa shape index (κ2) is 26.8. The molecular formula is C47H65N9O15S. The van der Waals surface area contributed by atoms with Crippen LogP contribution in [0.1, 0.15) is 66.8 Å². The molecule has 394 valence electrons. The SMILES string of the molecule is COc1nc(SCCC(=O)NCCC[C@@H](NC(=O)CN2CCN(CC(=O)O)CCN(CC(=O)O)CCN(CC(=O)O)CC2)C(=O)O)nc(OC)c1NC(=O)c1ccc(Oc2cc3c(cc2C)CCC3(C)C)o1. The molecule has 72 heavy (non-hydrogen) atoms. The lowest BCUT2D eigenvalue weighted by Crippen LogP contribution is -2.51. The first-order valence-corrected chi connectivity index (χ1v) is 24.4. The Hall–Kier alpha value is -6.54. The van der Waals surface area contributed by atoms with Gasteiger partial charge in [-0.2, -0.15) is 9.97 Å². The van der Waals surface area contributed by atoms with E-state index in [4.69, 9.17) is 18.6 Å². The van der Waals surface area contributed by atoms with Crippen molar-refractivity contribution in [2.75, 3.05) is 110 Å². The zero-order chi connectivity index (χ0) is 52.5. The summed E-state index contributed by atoms with van der Waals surface area (Å²) in [5.74, 6) is -5.19. The number of aliphatic carboxylic acids is 4. The number of carbonyl (C=O) groups is 7. The number of aromatic nitrogens is 2. The molecule has 0 spiro atoms. The number of anilines is 1. The highest BCUT2D eigenvalue weighted by Crippen LogP contribution is 2.42. The first-order valence-electron chi connectivity index (χ1n) is 23.4. The lowest BCUT2D eigenvalue weighted by molar-refractivity contribution is -0.142. The number of thioether (sulfide) groups is 1. The van der Waals surface area contributed by atoms with E-state index < -0.39 is 41.7 Å². The molecule has 1 aromatic carbocycles. The minimum Gasteiger partial charge on any atom is -0.480 e. The molecule has 1 saturated heterocycles. The maximum absolute atomic E-state index is 13.3. The number of rotatable bonds is 24. The Labute approximate surface area is 420 Å². The number of ether oxygens (including phenoxy) is 3. The maximum Gasteiger partial charge on any atom is 0.326 e. The number of carboxylic acid groups (broad SMARTS) is 4. The molecule has 0 unspecified atom stereocenters. The summed E-state index contributed by atoms with van der Waals surface area (Å²) in [7, 11) is 2.72. The van der Waals surface area contributed by atoms with Gasteiger partial charge in [0.25, 0.3) is 11.9 Å². The van der Waals surface area contributed by atoms with E-state index in [2.05, 4.69) is 45.8 Å². The number of carboxylic acids is 4. The van der Waals surface area contributed by atoms with Crippen LogP contribution in [0, 0.1) is 6.92 Å². The highest BCUT2D eigenvalue weighted by Gasteiger charge is 2.31. The molecule has 3 heterocycles. The third-order valence-electron chi connectivity index (χ3n) is 12.2. The molecule has 2 aliphatic rings. The van der Waals surface area contributed by atoms with Gasteiger partial charge >= 0.3 is 23.9 Å². The van der Waals surface area contributed by atoms with Crippen LogP contribution < -0.4 is 30.2 Å². The summed E-state index contributed by atoms with van der Waals surface area (Å²) in [5, 5.41) is 46.4. The zero-order valence-electron chi connectivity index (χ0n) is 41.2. The molecule has 2 aromatic heterocycles. The van der Waals surface area contributed by atoms with Gasteiger partial charge in [0.2, 0.25) is 23.6 Å². The van der Waals surface area contributed by atoms with E-state index in [1.807, 2.05) is 13.0 Å². The highest BCUT2D eigenvalue weighted by atomic mass is 32.2. The molecule has 1 fully saturated rings. The molecule has 7 N–H and O–H groups in total. The van der Waals surface area contributed by atoms with Gasteiger partial charge in [-0.1, -0.05) is 31.7 Å². The van der Waals surface area contributed by atoms with Gasteiger partial charge in [0.15, 0.2) is 16.6 Å². The fourth-order valence-electron chi connectivity index (χ4n) is 8.27. The third-order valence-corrected chi connectivity index (χ3v) is 13.0. The average Bonchev–Trinajstić information content (AvgIpc) is 3.90. The van der Waals surface area contributed by atoms with Crippen molar-refractivity contribution < 1.29 is 72.6 Å². The minimum absolute atomic E-state index is 0.00237. The zero-order valence-corrected chi connectivity index (χ0v) is 42.0. The van der Waals surface area contributed by atoms with Crippen LogP contribution in [0.4, 0.5) is 5.69 Å². The Morgan fingerprint density at radius 2 is 1.32 bits per heavy atom. The van der Waals surface area contributed by atoms with Gasteiger partial charge in [-0.3, -0.25) is 48.4 Å². The number of amides is 3. The predicted molar refractivity (Wildman–Crippen MR) is 260 cm³/mol. The summed E-state index contributed by atoms with van der Waals surface area (Å²) in [6, 6.07) is 5.90. The van der Waals surface area contributed by atoms with Crippen LogP contribution >= 0.6 is 11.8 Å². The van der Waals surface area contributed by atoms with Crippen molar-refractivity contribution in [3.05, 3.63) is 46.7 Å². The molecule has 1 aliphatic carbocycles. The van der Waals surface area contributed by atoms with Gasteiger partial charge in [-0.05, 0) is 66.8 Å². The van der Waals surface area contributed by atoms with Gasteiger partial charge in [0.1, 0.15) is 11.8 Å². The lowest BCUT2D eigenvalue weighted by Gasteiger charge is -2.33. The molecule has 0 saturated carbocycles. The largest absolute Gasteiger partial charge is 0.480 e. The summed E-state index contributed by atoms with van der Waals surface area (Å²) in [6.07, 6.45) is 2.28. The second-order valence-corrected chi connectivity index (χ2v) is 19.1. The molecule has 0 bridgehead atoms. The monoisotopic (exact) mass is 1030 g/mol. The minimum atomic E-state index is -1.29. The van der Waals surface area contributed by atoms with Gasteiger partial charge < -0.3 is 55.0 Å². The van der Waals surface area contributed by atoms with E-state index in [0.29, 0.717) is 5.75 Å². The first kappa shape index (κ1) is 56.4. The summed E-state index contributed by atoms with van der Waals surface area (Å²) in [4.78, 5) is 101. The van der Waals surface area contributed by atoms with E-state index in [-0.39, 0.29) is 156 Å². The van der Waals surface area contributed by atoms with E-state index in [1.54, 1.807) is 25.7 Å². The number of benzene rings is 1. The molecule has 3 aromatic rings. The normalized spacial score (nSPS) is 16.3. The first-order chi connectivity index (χ1) is 34.2. The summed E-state index contributed by atoms with van der Waals surface area (Å²) in [6.45, 7) is 6.78. The number of hydrogen-bond donors (Lipinski definition) is 7. The maximum atomic E-state index is 13.3. The van der Waals surface area contributed by atoms with Crippen molar-refractivity contribution in [1.82, 2.24) is 40.2 Å². The van der Waals surface area contributed by atoms with Crippen LogP contribution in [0.25, 0.3) is 0 Å². The van der Waals surface area contributed by atoms with Crippen LogP contribution in [0.2, 0.25) is 0 Å². The summed E-state index contributed by atoms with van der Waals surface area (Å²) < 4.78 is 22.7. The fraction of sp³-hybridized carbons (Fsp3) is 0.553. The summed E-state index contributed by atoms with van der Waals surface area (Å²) >= 11 is 1.13. The topological polar surface area (TPSA) is 316 Å². The van der Waals surface area contributed by atoms with Crippen molar-refractivity contribution in [3.8, 4) is 23.5 Å². The van der Waals surface area contributed by atoms with Gasteiger partial charge in [0.05, 0.1) is 40.4 Å². The van der Waals surface area contributed by atoms with E-state index in [1.165, 1.54) is 31.4 Å². The molecule has 3 amide bonds. The Kier molecular flexibility index (Phi) is 21.0. The van der Waals surface area contributed by atoms with E-state index in [9.17, 15) is 54.0 Å². The smallest absolute Gasteiger partial charge is 0.326 e. The fourth-order valence-corrected chi connectivity index (χ4v) is 9.03. The third kappa shape index (κ3) is 17.3. The second-order valence-electron chi connectivity index (χ2n) is 18.1. The van der Waals surface area contributed by atoms with Crippen molar-refractivity contribution in [2.45, 2.75) is 69.5 Å². The van der Waals surface area contributed by atoms with Crippen molar-refractivity contribution in [2.24, 2.45) is 0 Å². The quantitative estimate of drug-likeness (QED) is 0.0384. The number of fused-ring (bicyclic) bond motifs is 1. The van der Waals surface area contributed by atoms with Gasteiger partial charge in [-0.15, -0.1) is 0 Å². The van der Waals surface area contributed by atoms with Crippen LogP contribution in [-0.4, -0.2) is 203 Å². The van der Waals surface area contributed by atoms with Crippen molar-refractivity contribution in [3.63, 3.8) is 0 Å². The molecule has 1 atom stereocenters. The Balaban J connectivity index is 1.08. The molecular weight excluding hydrogens is 963 g/mol. The van der Waals surface area contributed by atoms with Gasteiger partial charge in [0, 0.05) is 77.1 Å². The van der Waals surface area contributed by atoms with E-state index >= 15 is 0 Å². The molecule has 24 nitrogen and oxygen atoms in total. The lowest BCUT2D eigenvalue weighted by atomic mass is 9.86. The molecule has 25 heteroatoms. The molecule has 5 rings (SSSR count). The number of nitrogens with zero attached hydrogens (tertiary/aromatic N) is 6. The standard InChI is InChI=1S/C47H65N9O15S/c1-29-23-30-10-12-47(2,3)31(30)24-34(29)71-40-9-8-33(70-40)42(65)50-41-43(68-4)51-46(52-44(41)69-5)72-22-11-35(57)48-13-6-7-32(45(66)67)49-36(58)25-53-14-16-54(26-37(59)60)18-20-56(28-39(63)64)21-19-55(17-15-53)27-38(61)62/h8-9,23-24,32H,6-7,10-22,25-28H2,1-5H3,(H,48,57)(H,49,58)(H,50,65)(H,59,60)(H,61,62)(H,63,64)(H,66,67)/t32-/m1/s1.